The van der Waals surface area contributed by atoms with Crippen LogP contribution in [0.3, 0.4) is 0 Å². The minimum absolute atomic E-state index is 0.545. The first kappa shape index (κ1) is 23.2. The molecule has 4 rings (SSSR count). The van der Waals surface area contributed by atoms with Gasteiger partial charge in [0.2, 0.25) is 5.95 Å². The first-order valence-electron chi connectivity index (χ1n) is 11.6. The summed E-state index contributed by atoms with van der Waals surface area (Å²) in [5.74, 6) is 1.54. The summed E-state index contributed by atoms with van der Waals surface area (Å²) in [6.07, 6.45) is 5.19. The Balaban J connectivity index is 1.26. The van der Waals surface area contributed by atoms with Crippen LogP contribution < -0.4 is 9.64 Å². The maximum absolute atomic E-state index is 11.2. The van der Waals surface area contributed by atoms with Crippen molar-refractivity contribution in [1.82, 2.24) is 24.6 Å². The number of β-amino-alcohol motifs (C(OH)–C–C–N with tert-alkyl or cyclic N) is 1. The summed E-state index contributed by atoms with van der Waals surface area (Å²) in [6, 6.07) is 12.1. The second-order valence-electron chi connectivity index (χ2n) is 9.11. The predicted octanol–water partition coefficient (Wildman–Crippen LogP) is 2.83. The molecular formula is C25H34N6O2. The molecular weight excluding hydrogens is 416 g/mol. The Morgan fingerprint density at radius 1 is 1.15 bits per heavy atom. The molecule has 1 aliphatic rings. The highest BCUT2D eigenvalue weighted by atomic mass is 16.5. The zero-order chi connectivity index (χ0) is 23.3. The monoisotopic (exact) mass is 450 g/mol. The third-order valence-corrected chi connectivity index (χ3v) is 6.01. The van der Waals surface area contributed by atoms with Gasteiger partial charge in [0.1, 0.15) is 12.4 Å². The molecule has 0 radical (unpaired) electrons. The summed E-state index contributed by atoms with van der Waals surface area (Å²) >= 11 is 0. The molecule has 0 bridgehead atoms. The average molecular weight is 451 g/mol. The van der Waals surface area contributed by atoms with Crippen LogP contribution in [0.5, 0.6) is 5.75 Å². The van der Waals surface area contributed by atoms with Gasteiger partial charge in [-0.05, 0) is 63.6 Å². The number of piperidine rings is 1. The Morgan fingerprint density at radius 2 is 1.91 bits per heavy atom. The van der Waals surface area contributed by atoms with Crippen LogP contribution in [0.25, 0.3) is 0 Å². The summed E-state index contributed by atoms with van der Waals surface area (Å²) in [7, 11) is 2.05. The highest BCUT2D eigenvalue weighted by Crippen LogP contribution is 2.25. The normalized spacial score (nSPS) is 18.6. The fourth-order valence-corrected chi connectivity index (χ4v) is 4.58. The zero-order valence-electron chi connectivity index (χ0n) is 19.8. The van der Waals surface area contributed by atoms with Crippen molar-refractivity contribution in [3.63, 3.8) is 0 Å². The molecule has 2 aromatic heterocycles. The maximum Gasteiger partial charge on any atom is 0.225 e. The molecule has 0 amide bonds. The van der Waals surface area contributed by atoms with Gasteiger partial charge in [0.15, 0.2) is 0 Å². The van der Waals surface area contributed by atoms with Crippen LogP contribution in [0.4, 0.5) is 5.95 Å². The molecule has 3 aromatic rings. The zero-order valence-corrected chi connectivity index (χ0v) is 19.8. The van der Waals surface area contributed by atoms with Crippen LogP contribution in [-0.2, 0) is 13.1 Å². The van der Waals surface area contributed by atoms with E-state index in [4.69, 9.17) is 4.74 Å². The summed E-state index contributed by atoms with van der Waals surface area (Å²) in [5.41, 5.74) is 2.58. The van der Waals surface area contributed by atoms with E-state index in [0.717, 1.165) is 49.6 Å². The van der Waals surface area contributed by atoms with E-state index in [0.29, 0.717) is 25.6 Å². The van der Waals surface area contributed by atoms with E-state index in [2.05, 4.69) is 57.0 Å². The van der Waals surface area contributed by atoms with E-state index in [1.165, 1.54) is 5.56 Å². The van der Waals surface area contributed by atoms with Gasteiger partial charge in [-0.2, -0.15) is 5.10 Å². The minimum atomic E-state index is -0.780. The largest absolute Gasteiger partial charge is 0.492 e. The van der Waals surface area contributed by atoms with Crippen molar-refractivity contribution >= 4 is 5.95 Å². The third-order valence-electron chi connectivity index (χ3n) is 6.01. The van der Waals surface area contributed by atoms with Crippen LogP contribution in [0, 0.1) is 13.8 Å². The van der Waals surface area contributed by atoms with Crippen molar-refractivity contribution in [2.75, 3.05) is 38.2 Å². The molecule has 1 aliphatic heterocycles. The van der Waals surface area contributed by atoms with Gasteiger partial charge in [0.25, 0.3) is 0 Å². The summed E-state index contributed by atoms with van der Waals surface area (Å²) in [6.45, 7) is 8.14. The fourth-order valence-electron chi connectivity index (χ4n) is 4.58. The first-order valence-corrected chi connectivity index (χ1v) is 11.6. The highest BCUT2D eigenvalue weighted by Gasteiger charge is 2.35. The number of nitrogens with zero attached hydrogens (tertiary/aromatic N) is 6. The Bertz CT molecular complexity index is 1020. The molecule has 0 aliphatic carbocycles. The summed E-state index contributed by atoms with van der Waals surface area (Å²) < 4.78 is 7.87. The maximum atomic E-state index is 11.2. The molecule has 1 fully saturated rings. The number of benzene rings is 1. The Kier molecular flexibility index (Phi) is 7.25. The molecule has 8 heteroatoms. The molecule has 0 saturated carbocycles. The molecule has 1 N–H and O–H groups in total. The van der Waals surface area contributed by atoms with Gasteiger partial charge >= 0.3 is 0 Å². The van der Waals surface area contributed by atoms with Gasteiger partial charge in [0.05, 0.1) is 24.4 Å². The van der Waals surface area contributed by atoms with Gasteiger partial charge in [-0.3, -0.25) is 9.58 Å². The highest BCUT2D eigenvalue weighted by molar-refractivity contribution is 5.31. The van der Waals surface area contributed by atoms with Crippen LogP contribution >= 0.6 is 0 Å². The standard InChI is InChI=1S/C25H34N6O2/c1-20-16-21(2)31(28-20)14-15-33-23-8-6-22(7-9-23)17-29(3)18-25(32)10-4-13-30(19-25)24-26-11-5-12-27-24/h5-9,11-12,16,32H,4,10,13-15,17-19H2,1-3H3/t25-/m1/s1. The SMILES string of the molecule is Cc1cc(C)n(CCOc2ccc(CN(C)C[C@]3(O)CCCN(c4ncccn4)C3)cc2)n1. The number of hydrogen-bond donors (Lipinski definition) is 1. The summed E-state index contributed by atoms with van der Waals surface area (Å²) in [5, 5.41) is 15.7. The lowest BCUT2D eigenvalue weighted by molar-refractivity contribution is -0.00366. The van der Waals surface area contributed by atoms with E-state index in [-0.39, 0.29) is 0 Å². The minimum Gasteiger partial charge on any atom is -0.492 e. The van der Waals surface area contributed by atoms with Gasteiger partial charge in [-0.1, -0.05) is 12.1 Å². The van der Waals surface area contributed by atoms with Crippen molar-refractivity contribution in [3.05, 3.63) is 65.7 Å². The topological polar surface area (TPSA) is 79.5 Å². The van der Waals surface area contributed by atoms with Crippen molar-refractivity contribution in [2.45, 2.75) is 45.4 Å². The van der Waals surface area contributed by atoms with Crippen LogP contribution in [-0.4, -0.2) is 68.6 Å². The van der Waals surface area contributed by atoms with Crippen molar-refractivity contribution in [2.24, 2.45) is 0 Å². The number of aromatic nitrogens is 4. The second-order valence-corrected chi connectivity index (χ2v) is 9.11. The lowest BCUT2D eigenvalue weighted by Gasteiger charge is -2.41. The van der Waals surface area contributed by atoms with Crippen molar-refractivity contribution in [3.8, 4) is 5.75 Å². The summed E-state index contributed by atoms with van der Waals surface area (Å²) in [4.78, 5) is 12.9. The van der Waals surface area contributed by atoms with Gasteiger partial charge in [-0.15, -0.1) is 0 Å². The van der Waals surface area contributed by atoms with Crippen molar-refractivity contribution in [1.29, 1.82) is 0 Å². The fraction of sp³-hybridized carbons (Fsp3) is 0.480. The van der Waals surface area contributed by atoms with E-state index < -0.39 is 5.60 Å². The third kappa shape index (κ3) is 6.30. The lowest BCUT2D eigenvalue weighted by atomic mass is 9.92. The smallest absolute Gasteiger partial charge is 0.225 e. The molecule has 3 heterocycles. The first-order chi connectivity index (χ1) is 15.9. The molecule has 8 nitrogen and oxygen atoms in total. The Hall–Kier alpha value is -2.97. The molecule has 1 atom stereocenters. The Labute approximate surface area is 195 Å². The molecule has 1 aromatic carbocycles. The van der Waals surface area contributed by atoms with Crippen LogP contribution in [0.1, 0.15) is 29.8 Å². The number of ether oxygens (including phenoxy) is 1. The molecule has 176 valence electrons. The Morgan fingerprint density at radius 3 is 2.61 bits per heavy atom. The average Bonchev–Trinajstić information content (AvgIpc) is 3.12. The van der Waals surface area contributed by atoms with Gasteiger partial charge in [-0.25, -0.2) is 9.97 Å². The van der Waals surface area contributed by atoms with Crippen molar-refractivity contribution < 1.29 is 9.84 Å². The van der Waals surface area contributed by atoms with Crippen LogP contribution in [0.2, 0.25) is 0 Å². The van der Waals surface area contributed by atoms with E-state index in [1.807, 2.05) is 29.8 Å². The second kappa shape index (κ2) is 10.3. The number of hydrogen-bond acceptors (Lipinski definition) is 7. The lowest BCUT2D eigenvalue weighted by Crippen LogP contribution is -2.54. The molecule has 0 unspecified atom stereocenters. The number of likely N-dealkylation sites (N-methyl/N-ethyl adjacent to an activating group) is 1. The molecule has 0 spiro atoms. The molecule has 33 heavy (non-hydrogen) atoms. The van der Waals surface area contributed by atoms with Crippen LogP contribution in [0.15, 0.2) is 48.8 Å². The predicted molar refractivity (Wildman–Crippen MR) is 128 cm³/mol. The van der Waals surface area contributed by atoms with E-state index in [1.54, 1.807) is 12.4 Å². The number of aryl methyl sites for hydroxylation is 2. The number of anilines is 1. The molecule has 1 saturated heterocycles. The van der Waals surface area contributed by atoms with Gasteiger partial charge in [0, 0.05) is 37.7 Å². The quantitative estimate of drug-likeness (QED) is 0.537. The van der Waals surface area contributed by atoms with E-state index >= 15 is 0 Å². The number of rotatable bonds is 9. The van der Waals surface area contributed by atoms with E-state index in [9.17, 15) is 5.11 Å². The van der Waals surface area contributed by atoms with Gasteiger partial charge < -0.3 is 14.7 Å². The number of aliphatic hydroxyl groups is 1.